The molecule has 1 fully saturated rings. The average molecular weight is 360 g/mol. The second-order valence-electron chi connectivity index (χ2n) is 9.14. The number of rotatable bonds is 8. The predicted molar refractivity (Wildman–Crippen MR) is 108 cm³/mol. The van der Waals surface area contributed by atoms with Crippen molar-refractivity contribution in [2.24, 2.45) is 11.3 Å². The van der Waals surface area contributed by atoms with Crippen molar-refractivity contribution in [1.82, 2.24) is 4.90 Å². The fourth-order valence-electron chi connectivity index (χ4n) is 4.26. The van der Waals surface area contributed by atoms with Gasteiger partial charge in [0.05, 0.1) is 5.60 Å². The van der Waals surface area contributed by atoms with E-state index in [2.05, 4.69) is 39.8 Å². The molecule has 3 nitrogen and oxygen atoms in total. The molecule has 1 saturated heterocycles. The molecule has 146 valence electrons. The molecule has 26 heavy (non-hydrogen) atoms. The van der Waals surface area contributed by atoms with Crippen LogP contribution in [0.3, 0.4) is 0 Å². The van der Waals surface area contributed by atoms with E-state index in [9.17, 15) is 4.79 Å². The molecular formula is C23H37NO2. The number of amides is 1. The van der Waals surface area contributed by atoms with Crippen molar-refractivity contribution in [3.8, 4) is 0 Å². The molecule has 0 radical (unpaired) electrons. The Balaban J connectivity index is 2.06. The van der Waals surface area contributed by atoms with E-state index < -0.39 is 0 Å². The minimum absolute atomic E-state index is 0.0598. The molecule has 1 unspecified atom stereocenters. The standard InChI is InChI=1S/C23H37NO2/c1-19(2)11-12-23(14-16-26-22(4,5)18-23)13-15-24(20(3)25)17-21-9-7-6-8-10-21/h6-10,19H,11-18H2,1-5H3. The molecule has 0 spiro atoms. The minimum atomic E-state index is -0.0598. The van der Waals surface area contributed by atoms with Crippen LogP contribution in [0.1, 0.15) is 72.3 Å². The minimum Gasteiger partial charge on any atom is -0.376 e. The summed E-state index contributed by atoms with van der Waals surface area (Å²) < 4.78 is 6.00. The highest BCUT2D eigenvalue weighted by molar-refractivity contribution is 5.73. The van der Waals surface area contributed by atoms with Gasteiger partial charge in [0.2, 0.25) is 5.91 Å². The average Bonchev–Trinajstić information content (AvgIpc) is 2.57. The summed E-state index contributed by atoms with van der Waals surface area (Å²) >= 11 is 0. The van der Waals surface area contributed by atoms with E-state index >= 15 is 0 Å². The summed E-state index contributed by atoms with van der Waals surface area (Å²) in [5.41, 5.74) is 1.43. The molecule has 0 N–H and O–H groups in total. The molecule has 1 aliphatic rings. The van der Waals surface area contributed by atoms with Crippen LogP contribution in [0.25, 0.3) is 0 Å². The highest BCUT2D eigenvalue weighted by atomic mass is 16.5. The summed E-state index contributed by atoms with van der Waals surface area (Å²) in [5, 5.41) is 0. The molecule has 1 heterocycles. The molecule has 0 aliphatic carbocycles. The van der Waals surface area contributed by atoms with Gasteiger partial charge in [-0.15, -0.1) is 0 Å². The van der Waals surface area contributed by atoms with Crippen molar-refractivity contribution >= 4 is 5.91 Å². The van der Waals surface area contributed by atoms with E-state index in [1.165, 1.54) is 18.4 Å². The van der Waals surface area contributed by atoms with Crippen LogP contribution in [0, 0.1) is 11.3 Å². The van der Waals surface area contributed by atoms with Gasteiger partial charge in [0.25, 0.3) is 0 Å². The number of ether oxygens (including phenoxy) is 1. The lowest BCUT2D eigenvalue weighted by molar-refractivity contribution is -0.132. The Morgan fingerprint density at radius 3 is 2.46 bits per heavy atom. The van der Waals surface area contributed by atoms with Crippen LogP contribution < -0.4 is 0 Å². The van der Waals surface area contributed by atoms with Gasteiger partial charge in [-0.1, -0.05) is 50.6 Å². The highest BCUT2D eigenvalue weighted by Gasteiger charge is 2.40. The zero-order valence-corrected chi connectivity index (χ0v) is 17.4. The summed E-state index contributed by atoms with van der Waals surface area (Å²) in [4.78, 5) is 14.2. The van der Waals surface area contributed by atoms with E-state index in [0.29, 0.717) is 12.5 Å². The number of carbonyl (C=O) groups excluding carboxylic acids is 1. The molecule has 0 bridgehead atoms. The maximum atomic E-state index is 12.2. The summed E-state index contributed by atoms with van der Waals surface area (Å²) in [7, 11) is 0. The molecule has 1 atom stereocenters. The maximum absolute atomic E-state index is 12.2. The van der Waals surface area contributed by atoms with Crippen LogP contribution in [-0.2, 0) is 16.1 Å². The van der Waals surface area contributed by atoms with E-state index in [-0.39, 0.29) is 16.9 Å². The molecule has 0 aromatic heterocycles. The van der Waals surface area contributed by atoms with Crippen LogP contribution in [0.15, 0.2) is 30.3 Å². The van der Waals surface area contributed by atoms with Gasteiger partial charge in [-0.2, -0.15) is 0 Å². The zero-order chi connectivity index (χ0) is 19.2. The molecule has 3 heteroatoms. The van der Waals surface area contributed by atoms with Crippen molar-refractivity contribution in [2.75, 3.05) is 13.2 Å². The molecule has 0 saturated carbocycles. The predicted octanol–water partition coefficient (Wildman–Crippen LogP) is 5.44. The molecular weight excluding hydrogens is 322 g/mol. The summed E-state index contributed by atoms with van der Waals surface area (Å²) in [5.74, 6) is 0.880. The molecule has 1 aromatic carbocycles. The molecule has 2 rings (SSSR count). The normalized spacial score (nSPS) is 22.4. The van der Waals surface area contributed by atoms with Crippen LogP contribution in [0.5, 0.6) is 0 Å². The van der Waals surface area contributed by atoms with Gasteiger partial charge in [0.1, 0.15) is 0 Å². The first-order chi connectivity index (χ1) is 12.2. The SMILES string of the molecule is CC(=O)N(CCC1(CCC(C)C)CCOC(C)(C)C1)Cc1ccccc1. The molecule has 1 aliphatic heterocycles. The van der Waals surface area contributed by atoms with E-state index in [1.807, 2.05) is 23.1 Å². The van der Waals surface area contributed by atoms with Gasteiger partial charge in [-0.05, 0) is 56.4 Å². The number of hydrogen-bond donors (Lipinski definition) is 0. The zero-order valence-electron chi connectivity index (χ0n) is 17.4. The van der Waals surface area contributed by atoms with E-state index in [1.54, 1.807) is 6.92 Å². The van der Waals surface area contributed by atoms with Crippen LogP contribution in [0.2, 0.25) is 0 Å². The first kappa shape index (κ1) is 21.0. The van der Waals surface area contributed by atoms with Crippen molar-refractivity contribution < 1.29 is 9.53 Å². The van der Waals surface area contributed by atoms with E-state index in [0.717, 1.165) is 32.4 Å². The van der Waals surface area contributed by atoms with Crippen molar-refractivity contribution in [3.63, 3.8) is 0 Å². The summed E-state index contributed by atoms with van der Waals surface area (Å²) in [6, 6.07) is 10.3. The topological polar surface area (TPSA) is 29.5 Å². The fourth-order valence-corrected chi connectivity index (χ4v) is 4.26. The Hall–Kier alpha value is -1.35. The maximum Gasteiger partial charge on any atom is 0.219 e. The van der Waals surface area contributed by atoms with Gasteiger partial charge < -0.3 is 9.64 Å². The van der Waals surface area contributed by atoms with Crippen molar-refractivity contribution in [3.05, 3.63) is 35.9 Å². The third-order valence-corrected chi connectivity index (χ3v) is 5.75. The number of benzene rings is 1. The second-order valence-corrected chi connectivity index (χ2v) is 9.14. The Labute approximate surface area is 160 Å². The lowest BCUT2D eigenvalue weighted by atomic mass is 9.68. The third kappa shape index (κ3) is 6.42. The van der Waals surface area contributed by atoms with Gasteiger partial charge in [-0.25, -0.2) is 0 Å². The quantitative estimate of drug-likeness (QED) is 0.619. The van der Waals surface area contributed by atoms with Crippen molar-refractivity contribution in [1.29, 1.82) is 0 Å². The van der Waals surface area contributed by atoms with Crippen LogP contribution in [0.4, 0.5) is 0 Å². The third-order valence-electron chi connectivity index (χ3n) is 5.75. The van der Waals surface area contributed by atoms with E-state index in [4.69, 9.17) is 4.74 Å². The first-order valence-electron chi connectivity index (χ1n) is 10.1. The number of carbonyl (C=O) groups is 1. The molecule has 1 aromatic rings. The smallest absolute Gasteiger partial charge is 0.219 e. The highest BCUT2D eigenvalue weighted by Crippen LogP contribution is 2.45. The first-order valence-corrected chi connectivity index (χ1v) is 10.1. The largest absolute Gasteiger partial charge is 0.376 e. The summed E-state index contributed by atoms with van der Waals surface area (Å²) in [6.07, 6.45) is 5.74. The Bertz CT molecular complexity index is 567. The Kier molecular flexibility index (Phi) is 7.28. The fraction of sp³-hybridized carbons (Fsp3) is 0.696. The van der Waals surface area contributed by atoms with Crippen molar-refractivity contribution in [2.45, 2.75) is 78.9 Å². The number of hydrogen-bond acceptors (Lipinski definition) is 2. The monoisotopic (exact) mass is 359 g/mol. The van der Waals surface area contributed by atoms with Gasteiger partial charge in [0.15, 0.2) is 0 Å². The van der Waals surface area contributed by atoms with Gasteiger partial charge in [0, 0.05) is 26.6 Å². The Morgan fingerprint density at radius 2 is 1.88 bits per heavy atom. The summed E-state index contributed by atoms with van der Waals surface area (Å²) in [6.45, 7) is 13.1. The van der Waals surface area contributed by atoms with Gasteiger partial charge in [-0.3, -0.25) is 4.79 Å². The van der Waals surface area contributed by atoms with Crippen LogP contribution >= 0.6 is 0 Å². The van der Waals surface area contributed by atoms with Gasteiger partial charge >= 0.3 is 0 Å². The molecule has 1 amide bonds. The number of nitrogens with zero attached hydrogens (tertiary/aromatic N) is 1. The lowest BCUT2D eigenvalue weighted by Gasteiger charge is -2.46. The second kappa shape index (κ2) is 9.03. The van der Waals surface area contributed by atoms with Crippen LogP contribution in [-0.4, -0.2) is 29.6 Å². The Morgan fingerprint density at radius 1 is 1.19 bits per heavy atom. The lowest BCUT2D eigenvalue weighted by Crippen LogP contribution is -2.43.